The lowest BCUT2D eigenvalue weighted by molar-refractivity contribution is 0.0949. The highest BCUT2D eigenvalue weighted by atomic mass is 16.5. The second kappa shape index (κ2) is 6.95. The third kappa shape index (κ3) is 3.43. The monoisotopic (exact) mass is 323 g/mol. The SMILES string of the molecule is COc1ccc(-c2nc(CNC(=O)c3ccccc3C)no2)cc1. The first-order valence-electron chi connectivity index (χ1n) is 7.48. The van der Waals surface area contributed by atoms with E-state index in [-0.39, 0.29) is 12.5 Å². The normalized spacial score (nSPS) is 10.4. The first kappa shape index (κ1) is 15.7. The molecule has 0 atom stereocenters. The summed E-state index contributed by atoms with van der Waals surface area (Å²) in [5.41, 5.74) is 2.35. The largest absolute Gasteiger partial charge is 0.497 e. The number of amides is 1. The maximum Gasteiger partial charge on any atom is 0.257 e. The van der Waals surface area contributed by atoms with E-state index in [1.165, 1.54) is 0 Å². The summed E-state index contributed by atoms with van der Waals surface area (Å²) in [6.07, 6.45) is 0. The number of hydrogen-bond donors (Lipinski definition) is 1. The Kier molecular flexibility index (Phi) is 4.56. The maximum atomic E-state index is 12.2. The molecular formula is C18H17N3O3. The minimum absolute atomic E-state index is 0.163. The number of carbonyl (C=O) groups excluding carboxylic acids is 1. The maximum absolute atomic E-state index is 12.2. The number of nitrogens with zero attached hydrogens (tertiary/aromatic N) is 2. The average molecular weight is 323 g/mol. The summed E-state index contributed by atoms with van der Waals surface area (Å²) in [4.78, 5) is 16.5. The van der Waals surface area contributed by atoms with Gasteiger partial charge in [-0.1, -0.05) is 23.4 Å². The van der Waals surface area contributed by atoms with Gasteiger partial charge in [-0.05, 0) is 42.8 Å². The molecule has 0 aliphatic carbocycles. The van der Waals surface area contributed by atoms with Crippen molar-refractivity contribution in [3.8, 4) is 17.2 Å². The number of hydrogen-bond acceptors (Lipinski definition) is 5. The van der Waals surface area contributed by atoms with Crippen LogP contribution in [0, 0.1) is 6.92 Å². The van der Waals surface area contributed by atoms with Gasteiger partial charge in [0, 0.05) is 11.1 Å². The zero-order chi connectivity index (χ0) is 16.9. The molecule has 1 aromatic heterocycles. The molecule has 0 saturated carbocycles. The highest BCUT2D eigenvalue weighted by Gasteiger charge is 2.12. The summed E-state index contributed by atoms with van der Waals surface area (Å²) in [5.74, 6) is 1.41. The lowest BCUT2D eigenvalue weighted by Gasteiger charge is -2.05. The van der Waals surface area contributed by atoms with Gasteiger partial charge in [0.25, 0.3) is 11.8 Å². The predicted molar refractivity (Wildman–Crippen MR) is 88.6 cm³/mol. The number of benzene rings is 2. The molecule has 0 bridgehead atoms. The minimum atomic E-state index is -0.163. The second-order valence-corrected chi connectivity index (χ2v) is 5.24. The quantitative estimate of drug-likeness (QED) is 0.781. The van der Waals surface area contributed by atoms with Crippen LogP contribution in [-0.2, 0) is 6.54 Å². The molecule has 0 saturated heterocycles. The Morgan fingerprint density at radius 2 is 1.92 bits per heavy atom. The lowest BCUT2D eigenvalue weighted by Crippen LogP contribution is -2.24. The summed E-state index contributed by atoms with van der Waals surface area (Å²) in [5, 5.41) is 6.69. The van der Waals surface area contributed by atoms with Gasteiger partial charge in [-0.3, -0.25) is 4.79 Å². The minimum Gasteiger partial charge on any atom is -0.497 e. The molecule has 1 amide bonds. The van der Waals surface area contributed by atoms with E-state index in [0.717, 1.165) is 16.9 Å². The molecular weight excluding hydrogens is 306 g/mol. The van der Waals surface area contributed by atoms with Crippen molar-refractivity contribution in [3.63, 3.8) is 0 Å². The Morgan fingerprint density at radius 1 is 1.17 bits per heavy atom. The number of rotatable bonds is 5. The number of methoxy groups -OCH3 is 1. The molecule has 6 heteroatoms. The average Bonchev–Trinajstić information content (AvgIpc) is 3.09. The van der Waals surface area contributed by atoms with Crippen molar-refractivity contribution in [3.05, 3.63) is 65.5 Å². The van der Waals surface area contributed by atoms with Crippen LogP contribution in [0.1, 0.15) is 21.7 Å². The van der Waals surface area contributed by atoms with Gasteiger partial charge in [0.15, 0.2) is 5.82 Å². The van der Waals surface area contributed by atoms with Crippen LogP contribution in [0.3, 0.4) is 0 Å². The van der Waals surface area contributed by atoms with Gasteiger partial charge >= 0.3 is 0 Å². The zero-order valence-corrected chi connectivity index (χ0v) is 13.4. The highest BCUT2D eigenvalue weighted by molar-refractivity contribution is 5.95. The molecule has 24 heavy (non-hydrogen) atoms. The predicted octanol–water partition coefficient (Wildman–Crippen LogP) is 2.98. The zero-order valence-electron chi connectivity index (χ0n) is 13.4. The molecule has 3 rings (SSSR count). The summed E-state index contributed by atoms with van der Waals surface area (Å²) in [7, 11) is 1.61. The van der Waals surface area contributed by atoms with Crippen LogP contribution in [0.15, 0.2) is 53.1 Å². The van der Waals surface area contributed by atoms with Crippen LogP contribution >= 0.6 is 0 Å². The second-order valence-electron chi connectivity index (χ2n) is 5.24. The van der Waals surface area contributed by atoms with Gasteiger partial charge in [0.2, 0.25) is 0 Å². The first-order chi connectivity index (χ1) is 11.7. The summed E-state index contributed by atoms with van der Waals surface area (Å²) in [6.45, 7) is 2.10. The Balaban J connectivity index is 1.66. The van der Waals surface area contributed by atoms with Gasteiger partial charge in [-0.15, -0.1) is 0 Å². The van der Waals surface area contributed by atoms with Crippen molar-refractivity contribution in [2.75, 3.05) is 7.11 Å². The van der Waals surface area contributed by atoms with E-state index in [9.17, 15) is 4.79 Å². The molecule has 0 unspecified atom stereocenters. The topological polar surface area (TPSA) is 77.2 Å². The number of aromatic nitrogens is 2. The van der Waals surface area contributed by atoms with Crippen LogP contribution < -0.4 is 10.1 Å². The molecule has 0 aliphatic rings. The van der Waals surface area contributed by atoms with E-state index in [0.29, 0.717) is 17.3 Å². The van der Waals surface area contributed by atoms with Crippen LogP contribution in [0.5, 0.6) is 5.75 Å². The van der Waals surface area contributed by atoms with Gasteiger partial charge in [-0.2, -0.15) is 4.98 Å². The van der Waals surface area contributed by atoms with Gasteiger partial charge in [0.1, 0.15) is 5.75 Å². The molecule has 122 valence electrons. The molecule has 3 aromatic rings. The van der Waals surface area contributed by atoms with Crippen LogP contribution in [0.4, 0.5) is 0 Å². The van der Waals surface area contributed by atoms with Crippen molar-refractivity contribution in [1.29, 1.82) is 0 Å². The molecule has 0 radical (unpaired) electrons. The van der Waals surface area contributed by atoms with E-state index in [1.54, 1.807) is 13.2 Å². The van der Waals surface area contributed by atoms with Gasteiger partial charge < -0.3 is 14.6 Å². The van der Waals surface area contributed by atoms with Crippen molar-refractivity contribution in [2.24, 2.45) is 0 Å². The fourth-order valence-corrected chi connectivity index (χ4v) is 2.26. The Morgan fingerprint density at radius 3 is 2.62 bits per heavy atom. The van der Waals surface area contributed by atoms with E-state index in [1.807, 2.05) is 49.4 Å². The van der Waals surface area contributed by atoms with Crippen molar-refractivity contribution in [1.82, 2.24) is 15.5 Å². The van der Waals surface area contributed by atoms with E-state index in [4.69, 9.17) is 9.26 Å². The summed E-state index contributed by atoms with van der Waals surface area (Å²) in [6, 6.07) is 14.7. The third-order valence-corrected chi connectivity index (χ3v) is 3.60. The number of nitrogens with one attached hydrogen (secondary N) is 1. The third-order valence-electron chi connectivity index (χ3n) is 3.60. The summed E-state index contributed by atoms with van der Waals surface area (Å²) < 4.78 is 10.3. The Hall–Kier alpha value is -3.15. The molecule has 2 aromatic carbocycles. The Bertz CT molecular complexity index is 841. The van der Waals surface area contributed by atoms with E-state index < -0.39 is 0 Å². The van der Waals surface area contributed by atoms with Crippen LogP contribution in [0.25, 0.3) is 11.5 Å². The molecule has 0 spiro atoms. The highest BCUT2D eigenvalue weighted by Crippen LogP contribution is 2.20. The first-order valence-corrected chi connectivity index (χ1v) is 7.48. The number of aryl methyl sites for hydroxylation is 1. The van der Waals surface area contributed by atoms with Crippen molar-refractivity contribution in [2.45, 2.75) is 13.5 Å². The van der Waals surface area contributed by atoms with Crippen molar-refractivity contribution < 1.29 is 14.1 Å². The van der Waals surface area contributed by atoms with Crippen LogP contribution in [-0.4, -0.2) is 23.2 Å². The fraction of sp³-hybridized carbons (Fsp3) is 0.167. The van der Waals surface area contributed by atoms with E-state index >= 15 is 0 Å². The lowest BCUT2D eigenvalue weighted by atomic mass is 10.1. The summed E-state index contributed by atoms with van der Waals surface area (Å²) >= 11 is 0. The van der Waals surface area contributed by atoms with E-state index in [2.05, 4.69) is 15.5 Å². The fourth-order valence-electron chi connectivity index (χ4n) is 2.26. The standard InChI is InChI=1S/C18H17N3O3/c1-12-5-3-4-6-15(12)17(22)19-11-16-20-18(24-21-16)13-7-9-14(23-2)10-8-13/h3-10H,11H2,1-2H3,(H,19,22). The molecule has 6 nitrogen and oxygen atoms in total. The smallest absolute Gasteiger partial charge is 0.257 e. The molecule has 1 N–H and O–H groups in total. The van der Waals surface area contributed by atoms with Gasteiger partial charge in [0.05, 0.1) is 13.7 Å². The van der Waals surface area contributed by atoms with Gasteiger partial charge in [-0.25, -0.2) is 0 Å². The molecule has 0 fully saturated rings. The van der Waals surface area contributed by atoms with Crippen molar-refractivity contribution >= 4 is 5.91 Å². The number of carbonyl (C=O) groups is 1. The molecule has 0 aliphatic heterocycles. The molecule has 1 heterocycles. The Labute approximate surface area is 139 Å². The number of ether oxygens (including phenoxy) is 1. The van der Waals surface area contributed by atoms with Crippen LogP contribution in [0.2, 0.25) is 0 Å².